The first-order chi connectivity index (χ1) is 8.53. The van der Waals surface area contributed by atoms with Gasteiger partial charge in [0.05, 0.1) is 6.10 Å². The number of rotatable bonds is 0. The summed E-state index contributed by atoms with van der Waals surface area (Å²) in [6, 6.07) is 4.62. The second kappa shape index (κ2) is 3.57. The van der Waals surface area contributed by atoms with Gasteiger partial charge < -0.3 is 20.1 Å². The van der Waals surface area contributed by atoms with E-state index in [0.29, 0.717) is 11.1 Å². The van der Waals surface area contributed by atoms with Crippen LogP contribution in [-0.4, -0.2) is 26.9 Å². The van der Waals surface area contributed by atoms with Gasteiger partial charge in [-0.15, -0.1) is 0 Å². The van der Waals surface area contributed by atoms with Gasteiger partial charge in [0, 0.05) is 18.1 Å². The van der Waals surface area contributed by atoms with Gasteiger partial charge in [-0.05, 0) is 17.7 Å². The smallest absolute Gasteiger partial charge is 0.331 e. The molecule has 0 fully saturated rings. The molecule has 3 rings (SSSR count). The van der Waals surface area contributed by atoms with Gasteiger partial charge in [0.25, 0.3) is 0 Å². The second-order valence-corrected chi connectivity index (χ2v) is 4.61. The van der Waals surface area contributed by atoms with Gasteiger partial charge in [0.15, 0.2) is 5.60 Å². The van der Waals surface area contributed by atoms with Crippen LogP contribution in [0.4, 0.5) is 0 Å². The minimum absolute atomic E-state index is 0.0288. The average Bonchev–Trinajstić information content (AvgIpc) is 2.68. The monoisotopic (exact) mass is 248 g/mol. The van der Waals surface area contributed by atoms with Gasteiger partial charge >= 0.3 is 5.97 Å². The molecule has 1 aromatic carbocycles. The summed E-state index contributed by atoms with van der Waals surface area (Å²) >= 11 is 0. The van der Waals surface area contributed by atoms with Crippen LogP contribution >= 0.6 is 0 Å². The van der Waals surface area contributed by atoms with Crippen LogP contribution in [0.2, 0.25) is 0 Å². The summed E-state index contributed by atoms with van der Waals surface area (Å²) in [5.74, 6) is -0.605. The van der Waals surface area contributed by atoms with E-state index in [9.17, 15) is 20.1 Å². The topological polar surface area (TPSA) is 87.0 Å². The first-order valence-electron chi connectivity index (χ1n) is 5.63. The van der Waals surface area contributed by atoms with Gasteiger partial charge in [-0.2, -0.15) is 0 Å². The van der Waals surface area contributed by atoms with Crippen molar-refractivity contribution in [2.75, 3.05) is 0 Å². The van der Waals surface area contributed by atoms with Gasteiger partial charge in [-0.1, -0.05) is 12.1 Å². The van der Waals surface area contributed by atoms with Crippen molar-refractivity contribution in [2.45, 2.75) is 24.2 Å². The Morgan fingerprint density at radius 3 is 2.78 bits per heavy atom. The van der Waals surface area contributed by atoms with Crippen molar-refractivity contribution >= 4 is 5.97 Å². The first kappa shape index (κ1) is 11.3. The first-order valence-corrected chi connectivity index (χ1v) is 5.63. The fraction of sp³-hybridized carbons (Fsp3) is 0.308. The third-order valence-electron chi connectivity index (χ3n) is 3.51. The number of phenols is 1. The molecule has 1 spiro atoms. The van der Waals surface area contributed by atoms with Crippen molar-refractivity contribution in [3.8, 4) is 5.75 Å². The summed E-state index contributed by atoms with van der Waals surface area (Å²) in [5.41, 5.74) is -0.544. The van der Waals surface area contributed by atoms with E-state index in [-0.39, 0.29) is 12.2 Å². The molecule has 1 aliphatic heterocycles. The molecule has 94 valence electrons. The van der Waals surface area contributed by atoms with Crippen molar-refractivity contribution in [3.05, 3.63) is 41.5 Å². The van der Waals surface area contributed by atoms with Crippen molar-refractivity contribution in [2.24, 2.45) is 0 Å². The maximum atomic E-state index is 11.2. The highest BCUT2D eigenvalue weighted by Crippen LogP contribution is 2.49. The van der Waals surface area contributed by atoms with Crippen molar-refractivity contribution in [3.63, 3.8) is 0 Å². The van der Waals surface area contributed by atoms with E-state index >= 15 is 0 Å². The summed E-state index contributed by atoms with van der Waals surface area (Å²) in [5, 5.41) is 30.1. The number of carbonyl (C=O) groups is 1. The third kappa shape index (κ3) is 1.38. The molecule has 3 atom stereocenters. The summed E-state index contributed by atoms with van der Waals surface area (Å²) < 4.78 is 5.13. The predicted molar refractivity (Wildman–Crippen MR) is 60.6 cm³/mol. The molecule has 2 aliphatic rings. The van der Waals surface area contributed by atoms with Crippen molar-refractivity contribution in [1.82, 2.24) is 0 Å². The number of aliphatic hydroxyl groups excluding tert-OH is 2. The molecule has 5 heteroatoms. The lowest BCUT2D eigenvalue weighted by atomic mass is 9.76. The molecule has 0 radical (unpaired) electrons. The molecular weight excluding hydrogens is 236 g/mol. The molecule has 0 saturated carbocycles. The number of fused-ring (bicyclic) bond motifs is 1. The number of hydrogen-bond donors (Lipinski definition) is 3. The fourth-order valence-corrected chi connectivity index (χ4v) is 2.67. The quantitative estimate of drug-likeness (QED) is 0.589. The lowest BCUT2D eigenvalue weighted by Gasteiger charge is -2.39. The van der Waals surface area contributed by atoms with E-state index in [4.69, 9.17) is 4.74 Å². The standard InChI is InChI=1S/C13H12O5/c14-8-3-1-2-7-11(8)9(15)6-13(12(7)17)5-4-10(16)18-13/h1-5,9,12,14-15,17H,6H2/t9-,12-,13-/m0/s1. The maximum Gasteiger partial charge on any atom is 0.331 e. The normalized spacial score (nSPS) is 33.6. The number of esters is 1. The number of benzene rings is 1. The zero-order valence-corrected chi connectivity index (χ0v) is 9.41. The van der Waals surface area contributed by atoms with Crippen LogP contribution in [0.15, 0.2) is 30.4 Å². The molecule has 1 aliphatic carbocycles. The van der Waals surface area contributed by atoms with E-state index in [0.717, 1.165) is 0 Å². The van der Waals surface area contributed by atoms with Gasteiger partial charge in [-0.25, -0.2) is 4.79 Å². The molecule has 18 heavy (non-hydrogen) atoms. The van der Waals surface area contributed by atoms with Crippen molar-refractivity contribution < 1.29 is 24.9 Å². The Morgan fingerprint density at radius 2 is 2.11 bits per heavy atom. The molecule has 1 heterocycles. The molecule has 0 unspecified atom stereocenters. The lowest BCUT2D eigenvalue weighted by molar-refractivity contribution is -0.161. The van der Waals surface area contributed by atoms with E-state index in [1.54, 1.807) is 12.1 Å². The van der Waals surface area contributed by atoms with Gasteiger partial charge in [0.1, 0.15) is 11.9 Å². The SMILES string of the molecule is O=C1C=C[C@@]2(C[C@H](O)c3c(O)cccc3[C@@H]2O)O1. The Balaban J connectivity index is 2.13. The number of aromatic hydroxyl groups is 1. The summed E-state index contributed by atoms with van der Waals surface area (Å²) in [4.78, 5) is 11.2. The Morgan fingerprint density at radius 1 is 1.33 bits per heavy atom. The van der Waals surface area contributed by atoms with Crippen LogP contribution in [0, 0.1) is 0 Å². The molecule has 0 aromatic heterocycles. The molecule has 3 N–H and O–H groups in total. The Kier molecular flexibility index (Phi) is 2.23. The minimum atomic E-state index is -1.22. The molecule has 5 nitrogen and oxygen atoms in total. The highest BCUT2D eigenvalue weighted by Gasteiger charge is 2.50. The number of phenolic OH excluding ortho intramolecular Hbond substituents is 1. The predicted octanol–water partition coefficient (Wildman–Crippen LogP) is 0.714. The zero-order valence-electron chi connectivity index (χ0n) is 9.41. The Hall–Kier alpha value is -1.85. The number of ether oxygens (including phenoxy) is 1. The van der Waals surface area contributed by atoms with E-state index < -0.39 is 23.8 Å². The van der Waals surface area contributed by atoms with Gasteiger partial charge in [-0.3, -0.25) is 0 Å². The number of aliphatic hydroxyl groups is 2. The number of hydrogen-bond acceptors (Lipinski definition) is 5. The molecular formula is C13H12O5. The van der Waals surface area contributed by atoms with Crippen LogP contribution in [0.5, 0.6) is 5.75 Å². The van der Waals surface area contributed by atoms with E-state index in [2.05, 4.69) is 0 Å². The van der Waals surface area contributed by atoms with E-state index in [1.807, 2.05) is 0 Å². The lowest BCUT2D eigenvalue weighted by Crippen LogP contribution is -2.41. The summed E-state index contributed by atoms with van der Waals surface area (Å²) in [6.45, 7) is 0. The van der Waals surface area contributed by atoms with Crippen LogP contribution < -0.4 is 0 Å². The second-order valence-electron chi connectivity index (χ2n) is 4.61. The van der Waals surface area contributed by atoms with Crippen LogP contribution in [0.3, 0.4) is 0 Å². The largest absolute Gasteiger partial charge is 0.508 e. The van der Waals surface area contributed by atoms with Crippen LogP contribution in [0.25, 0.3) is 0 Å². The average molecular weight is 248 g/mol. The minimum Gasteiger partial charge on any atom is -0.508 e. The molecule has 1 aromatic rings. The maximum absolute atomic E-state index is 11.2. The number of carbonyl (C=O) groups excluding carboxylic acids is 1. The van der Waals surface area contributed by atoms with Crippen LogP contribution in [-0.2, 0) is 9.53 Å². The molecule has 0 saturated heterocycles. The molecule has 0 bridgehead atoms. The van der Waals surface area contributed by atoms with Crippen LogP contribution in [0.1, 0.15) is 29.8 Å². The Labute approximate surface area is 103 Å². The summed E-state index contributed by atoms with van der Waals surface area (Å²) in [7, 11) is 0. The highest BCUT2D eigenvalue weighted by atomic mass is 16.6. The zero-order chi connectivity index (χ0) is 12.9. The van der Waals surface area contributed by atoms with E-state index in [1.165, 1.54) is 18.2 Å². The molecule has 0 amide bonds. The van der Waals surface area contributed by atoms with Crippen molar-refractivity contribution in [1.29, 1.82) is 0 Å². The Bertz CT molecular complexity index is 550. The third-order valence-corrected chi connectivity index (χ3v) is 3.51. The van der Waals surface area contributed by atoms with Gasteiger partial charge in [0.2, 0.25) is 0 Å². The fourth-order valence-electron chi connectivity index (χ4n) is 2.67. The highest BCUT2D eigenvalue weighted by molar-refractivity contribution is 5.85. The summed E-state index contributed by atoms with van der Waals surface area (Å²) in [6.07, 6.45) is 0.659.